The van der Waals surface area contributed by atoms with E-state index in [0.717, 1.165) is 15.4 Å². The lowest BCUT2D eigenvalue weighted by molar-refractivity contribution is -0.140. The molecule has 0 spiro atoms. The smallest absolute Gasteiger partial charge is 0.264 e. The van der Waals surface area contributed by atoms with Crippen LogP contribution in [0, 0.1) is 6.92 Å². The first kappa shape index (κ1) is 35.6. The zero-order valence-electron chi connectivity index (χ0n) is 26.6. The van der Waals surface area contributed by atoms with E-state index < -0.39 is 34.4 Å². The van der Waals surface area contributed by atoms with E-state index in [1.807, 2.05) is 37.3 Å². The van der Waals surface area contributed by atoms with Crippen LogP contribution in [0.4, 0.5) is 5.69 Å². The Bertz CT molecular complexity index is 1800. The Kier molecular flexibility index (Phi) is 12.1. The molecule has 0 aliphatic rings. The quantitative estimate of drug-likeness (QED) is 0.166. The van der Waals surface area contributed by atoms with Crippen LogP contribution in [0.25, 0.3) is 0 Å². The maximum atomic E-state index is 14.6. The first-order chi connectivity index (χ1) is 22.5. The highest BCUT2D eigenvalue weighted by molar-refractivity contribution is 7.92. The normalized spacial score (nSPS) is 11.8. The number of benzene rings is 4. The molecule has 0 saturated heterocycles. The molecule has 248 valence electrons. The fourth-order valence-corrected chi connectivity index (χ4v) is 6.91. The van der Waals surface area contributed by atoms with Crippen molar-refractivity contribution in [2.24, 2.45) is 0 Å². The summed E-state index contributed by atoms with van der Waals surface area (Å²) in [5.41, 5.74) is 2.28. The number of nitrogens with zero attached hydrogens (tertiary/aromatic N) is 2. The number of hydrogen-bond acceptors (Lipinski definition) is 6. The second-order valence-corrected chi connectivity index (χ2v) is 13.4. The molecule has 47 heavy (non-hydrogen) atoms. The number of likely N-dealkylation sites (N-methyl/N-ethyl adjacent to an activating group) is 1. The van der Waals surface area contributed by atoms with E-state index in [9.17, 15) is 18.0 Å². The largest absolute Gasteiger partial charge is 0.497 e. The van der Waals surface area contributed by atoms with Crippen LogP contribution in [0.5, 0.6) is 11.5 Å². The highest BCUT2D eigenvalue weighted by atomic mass is 35.5. The molecule has 0 bridgehead atoms. The number of aryl methyl sites for hydroxylation is 1. The topological polar surface area (TPSA) is 105 Å². The summed E-state index contributed by atoms with van der Waals surface area (Å²) in [6, 6.07) is 24.1. The van der Waals surface area contributed by atoms with Gasteiger partial charge in [-0.25, -0.2) is 8.42 Å². The summed E-state index contributed by atoms with van der Waals surface area (Å²) < 4.78 is 40.7. The molecule has 0 heterocycles. The Labute approximate surface area is 286 Å². The molecule has 0 aliphatic carbocycles. The van der Waals surface area contributed by atoms with Gasteiger partial charge in [0.1, 0.15) is 24.1 Å². The number of anilines is 1. The first-order valence-electron chi connectivity index (χ1n) is 14.8. The minimum Gasteiger partial charge on any atom is -0.497 e. The zero-order chi connectivity index (χ0) is 34.1. The maximum absolute atomic E-state index is 14.6. The number of rotatable bonds is 14. The Morgan fingerprint density at radius 3 is 2.21 bits per heavy atom. The molecule has 0 saturated carbocycles. The SMILES string of the molecule is CCNC(=O)C(Cc1ccccc1)N(Cc1ccc(Cl)cc1Cl)C(=O)CN(c1cc(OC)ccc1OC)S(=O)(=O)c1ccc(C)cc1. The van der Waals surface area contributed by atoms with Gasteiger partial charge in [-0.3, -0.25) is 13.9 Å². The van der Waals surface area contributed by atoms with Crippen LogP contribution in [0.15, 0.2) is 95.9 Å². The van der Waals surface area contributed by atoms with Crippen molar-refractivity contribution in [3.8, 4) is 11.5 Å². The predicted octanol–water partition coefficient (Wildman–Crippen LogP) is 6.29. The lowest BCUT2D eigenvalue weighted by atomic mass is 10.0. The number of amides is 2. The van der Waals surface area contributed by atoms with Crippen molar-refractivity contribution < 1.29 is 27.5 Å². The van der Waals surface area contributed by atoms with Gasteiger partial charge in [0.05, 0.1) is 24.8 Å². The van der Waals surface area contributed by atoms with Crippen LogP contribution in [-0.2, 0) is 32.6 Å². The Morgan fingerprint density at radius 1 is 0.894 bits per heavy atom. The summed E-state index contributed by atoms with van der Waals surface area (Å²) in [6.45, 7) is 3.18. The molecule has 1 unspecified atom stereocenters. The maximum Gasteiger partial charge on any atom is 0.264 e. The number of hydrogen-bond donors (Lipinski definition) is 1. The van der Waals surface area contributed by atoms with Gasteiger partial charge >= 0.3 is 0 Å². The fraction of sp³-hybridized carbons (Fsp3) is 0.257. The molecule has 2 amide bonds. The van der Waals surface area contributed by atoms with Crippen LogP contribution >= 0.6 is 23.2 Å². The number of nitrogens with one attached hydrogen (secondary N) is 1. The third-order valence-electron chi connectivity index (χ3n) is 7.52. The second-order valence-electron chi connectivity index (χ2n) is 10.7. The Balaban J connectivity index is 1.88. The van der Waals surface area contributed by atoms with Gasteiger partial charge in [0.15, 0.2) is 0 Å². The van der Waals surface area contributed by atoms with Crippen molar-refractivity contribution in [2.45, 2.75) is 37.8 Å². The number of carbonyl (C=O) groups excluding carboxylic acids is 2. The third-order valence-corrected chi connectivity index (χ3v) is 9.88. The average molecular weight is 699 g/mol. The molecule has 0 aliphatic heterocycles. The standard InChI is InChI=1S/C35H37Cl2N3O6S/c1-5-38-35(42)32(19-25-9-7-6-8-10-25)39(22-26-13-14-27(36)20-30(26)37)34(41)23-40(31-21-28(45-3)15-18-33(31)46-4)47(43,44)29-16-11-24(2)12-17-29/h6-18,20-21,32H,5,19,22-23H2,1-4H3,(H,38,42). The molecular formula is C35H37Cl2N3O6S. The van der Waals surface area contributed by atoms with Crippen molar-refractivity contribution in [2.75, 3.05) is 31.6 Å². The minimum atomic E-state index is -4.35. The molecule has 0 fully saturated rings. The fourth-order valence-electron chi connectivity index (χ4n) is 5.02. The summed E-state index contributed by atoms with van der Waals surface area (Å²) in [5.74, 6) is -0.497. The molecule has 0 aromatic heterocycles. The number of methoxy groups -OCH3 is 2. The highest BCUT2D eigenvalue weighted by Crippen LogP contribution is 2.36. The van der Waals surface area contributed by atoms with Crippen molar-refractivity contribution in [3.63, 3.8) is 0 Å². The Morgan fingerprint density at radius 2 is 1.60 bits per heavy atom. The van der Waals surface area contributed by atoms with Gasteiger partial charge < -0.3 is 19.7 Å². The summed E-state index contributed by atoms with van der Waals surface area (Å²) in [4.78, 5) is 29.6. The molecule has 1 N–H and O–H groups in total. The number of sulfonamides is 1. The minimum absolute atomic E-state index is 0.0300. The molecule has 1 atom stereocenters. The van der Waals surface area contributed by atoms with Gasteiger partial charge in [-0.2, -0.15) is 0 Å². The van der Waals surface area contributed by atoms with E-state index in [4.69, 9.17) is 32.7 Å². The molecule has 4 aromatic rings. The van der Waals surface area contributed by atoms with E-state index in [1.54, 1.807) is 49.4 Å². The van der Waals surface area contributed by atoms with Crippen molar-refractivity contribution in [1.29, 1.82) is 0 Å². The van der Waals surface area contributed by atoms with Gasteiger partial charge in [0.25, 0.3) is 10.0 Å². The summed E-state index contributed by atoms with van der Waals surface area (Å²) >= 11 is 12.7. The highest BCUT2D eigenvalue weighted by Gasteiger charge is 2.36. The van der Waals surface area contributed by atoms with Crippen LogP contribution in [0.2, 0.25) is 10.0 Å². The third kappa shape index (κ3) is 8.77. The summed E-state index contributed by atoms with van der Waals surface area (Å²) in [5, 5.41) is 3.53. The summed E-state index contributed by atoms with van der Waals surface area (Å²) in [6.07, 6.45) is 0.164. The molecule has 12 heteroatoms. The van der Waals surface area contributed by atoms with E-state index in [2.05, 4.69) is 5.32 Å². The van der Waals surface area contributed by atoms with Crippen LogP contribution in [0.1, 0.15) is 23.6 Å². The summed E-state index contributed by atoms with van der Waals surface area (Å²) in [7, 11) is -1.49. The lowest BCUT2D eigenvalue weighted by Gasteiger charge is -2.34. The van der Waals surface area contributed by atoms with E-state index >= 15 is 0 Å². The Hall–Kier alpha value is -4.25. The molecular weight excluding hydrogens is 661 g/mol. The molecule has 9 nitrogen and oxygen atoms in total. The van der Waals surface area contributed by atoms with Gasteiger partial charge in [0.2, 0.25) is 11.8 Å². The predicted molar refractivity (Wildman–Crippen MR) is 185 cm³/mol. The van der Waals surface area contributed by atoms with Gasteiger partial charge in [0, 0.05) is 35.6 Å². The van der Waals surface area contributed by atoms with Crippen molar-refractivity contribution >= 4 is 50.7 Å². The zero-order valence-corrected chi connectivity index (χ0v) is 28.9. The van der Waals surface area contributed by atoms with E-state index in [0.29, 0.717) is 27.9 Å². The number of ether oxygens (including phenoxy) is 2. The average Bonchev–Trinajstić information content (AvgIpc) is 3.06. The molecule has 4 rings (SSSR count). The first-order valence-corrected chi connectivity index (χ1v) is 17.0. The lowest BCUT2D eigenvalue weighted by Crippen LogP contribution is -2.53. The van der Waals surface area contributed by atoms with E-state index in [-0.39, 0.29) is 29.3 Å². The van der Waals surface area contributed by atoms with Gasteiger partial charge in [-0.1, -0.05) is 77.3 Å². The van der Waals surface area contributed by atoms with E-state index in [1.165, 1.54) is 37.3 Å². The number of carbonyl (C=O) groups is 2. The monoisotopic (exact) mass is 697 g/mol. The van der Waals surface area contributed by atoms with Gasteiger partial charge in [-0.15, -0.1) is 0 Å². The molecule has 0 radical (unpaired) electrons. The van der Waals surface area contributed by atoms with Crippen LogP contribution < -0.4 is 19.1 Å². The van der Waals surface area contributed by atoms with Crippen molar-refractivity contribution in [3.05, 3.63) is 118 Å². The number of halogens is 2. The van der Waals surface area contributed by atoms with Gasteiger partial charge in [-0.05, 0) is 61.4 Å². The van der Waals surface area contributed by atoms with Crippen LogP contribution in [-0.4, -0.2) is 58.5 Å². The molecule has 4 aromatic carbocycles. The van der Waals surface area contributed by atoms with Crippen molar-refractivity contribution in [1.82, 2.24) is 10.2 Å². The second kappa shape index (κ2) is 16.0. The van der Waals surface area contributed by atoms with Crippen LogP contribution in [0.3, 0.4) is 0 Å².